The second-order valence-corrected chi connectivity index (χ2v) is 16.4. The zero-order valence-corrected chi connectivity index (χ0v) is 17.6. The van der Waals surface area contributed by atoms with Crippen LogP contribution in [0.25, 0.3) is 0 Å². The van der Waals surface area contributed by atoms with Crippen LogP contribution in [0.15, 0.2) is 91.0 Å². The van der Waals surface area contributed by atoms with E-state index in [1.165, 1.54) is 15.9 Å². The van der Waals surface area contributed by atoms with Crippen molar-refractivity contribution in [1.82, 2.24) is 4.67 Å². The molecule has 0 saturated carbocycles. The van der Waals surface area contributed by atoms with Crippen molar-refractivity contribution in [3.05, 3.63) is 91.0 Å². The van der Waals surface area contributed by atoms with E-state index in [4.69, 9.17) is 0 Å². The van der Waals surface area contributed by atoms with Gasteiger partial charge in [0.1, 0.15) is 0 Å². The molecule has 0 spiro atoms. The molecule has 1 aliphatic heterocycles. The number of benzene rings is 3. The average molecular weight is 459 g/mol. The van der Waals surface area contributed by atoms with E-state index in [0.29, 0.717) is 12.1 Å². The maximum absolute atomic E-state index is 2.85. The Morgan fingerprint density at radius 3 is 1.12 bits per heavy atom. The fourth-order valence-electron chi connectivity index (χ4n) is 4.12. The Morgan fingerprint density at radius 2 is 0.880 bits per heavy atom. The van der Waals surface area contributed by atoms with Gasteiger partial charge in [-0.25, -0.2) is 0 Å². The summed E-state index contributed by atoms with van der Waals surface area (Å²) in [7, 11) is 0. The monoisotopic (exact) mass is 459 g/mol. The van der Waals surface area contributed by atoms with Gasteiger partial charge in [-0.3, -0.25) is 0 Å². The molecule has 0 aromatic heterocycles. The first-order chi connectivity index (χ1) is 12.1. The Labute approximate surface area is 163 Å². The molecule has 3 heteroatoms. The van der Waals surface area contributed by atoms with Crippen molar-refractivity contribution >= 4 is 42.4 Å². The average Bonchev–Trinajstić information content (AvgIpc) is 3.30. The first kappa shape index (κ1) is 17.2. The van der Waals surface area contributed by atoms with E-state index in [0.717, 1.165) is 0 Å². The number of nitrogens with zero attached hydrogens (tertiary/aromatic N) is 1. The zero-order chi connectivity index (χ0) is 17.5. The molecule has 2 atom stereocenters. The van der Waals surface area contributed by atoms with Gasteiger partial charge in [-0.05, 0) is 0 Å². The molecule has 4 rings (SSSR count). The summed E-state index contributed by atoms with van der Waals surface area (Å²) in [5.74, 6) is 0. The molecule has 0 unspecified atom stereocenters. The van der Waals surface area contributed by atoms with Crippen LogP contribution >= 0.6 is 26.4 Å². The Hall–Kier alpha value is -1.22. The fourth-order valence-corrected chi connectivity index (χ4v) is 14.9. The predicted octanol–water partition coefficient (Wildman–Crippen LogP) is 4.87. The third-order valence-corrected chi connectivity index (χ3v) is 17.4. The third-order valence-electron chi connectivity index (χ3n) is 5.56. The molecule has 25 heavy (non-hydrogen) atoms. The van der Waals surface area contributed by atoms with Crippen LogP contribution in [0.5, 0.6) is 0 Å². The van der Waals surface area contributed by atoms with Crippen molar-refractivity contribution in [3.63, 3.8) is 0 Å². The van der Waals surface area contributed by atoms with E-state index >= 15 is 0 Å². The summed E-state index contributed by atoms with van der Waals surface area (Å²) in [6.45, 7) is 4.72. The van der Waals surface area contributed by atoms with Gasteiger partial charge >= 0.3 is 164 Å². The third kappa shape index (κ3) is 2.34. The van der Waals surface area contributed by atoms with Gasteiger partial charge in [0.25, 0.3) is 0 Å². The molecule has 0 bridgehead atoms. The SMILES string of the molecule is C[C@@H]1[C@@H](C)N1P(I)(c1ccccc1)(c1ccccc1)c1ccccc1. The fraction of sp³-hybridized carbons (Fsp3) is 0.182. The van der Waals surface area contributed by atoms with E-state index in [9.17, 15) is 0 Å². The van der Waals surface area contributed by atoms with Gasteiger partial charge in [0.15, 0.2) is 0 Å². The van der Waals surface area contributed by atoms with Gasteiger partial charge in [-0.2, -0.15) is 0 Å². The minimum absolute atomic E-state index is 0.579. The molecule has 1 fully saturated rings. The normalized spacial score (nSPS) is 24.3. The van der Waals surface area contributed by atoms with Crippen molar-refractivity contribution < 1.29 is 0 Å². The Balaban J connectivity index is 2.14. The van der Waals surface area contributed by atoms with Crippen LogP contribution in [0.2, 0.25) is 0 Å². The number of hydrogen-bond donors (Lipinski definition) is 0. The molecule has 0 radical (unpaired) electrons. The first-order valence-corrected chi connectivity index (χ1v) is 13.8. The second-order valence-electron chi connectivity index (χ2n) is 6.83. The molecule has 3 aromatic carbocycles. The molecular weight excluding hydrogens is 436 g/mol. The van der Waals surface area contributed by atoms with E-state index in [-0.39, 0.29) is 0 Å². The van der Waals surface area contributed by atoms with Gasteiger partial charge < -0.3 is 0 Å². The summed E-state index contributed by atoms with van der Waals surface area (Å²) in [5.41, 5.74) is 0. The Bertz CT molecular complexity index is 759. The number of halogens is 1. The molecule has 1 nitrogen and oxygen atoms in total. The Kier molecular flexibility index (Phi) is 4.26. The van der Waals surface area contributed by atoms with Crippen molar-refractivity contribution in [2.24, 2.45) is 0 Å². The van der Waals surface area contributed by atoms with Crippen LogP contribution in [-0.2, 0) is 0 Å². The zero-order valence-electron chi connectivity index (χ0n) is 14.6. The standard InChI is InChI=1S/C22H23INP/c1-18-19(2)24(18)25(23,20-12-6-3-7-13-20,21-14-8-4-9-15-21)22-16-10-5-11-17-22/h3-19H,1-2H3/t18-,19-/m1/s1. The first-order valence-electron chi connectivity index (χ1n) is 8.78. The molecule has 1 heterocycles. The molecule has 0 N–H and O–H groups in total. The van der Waals surface area contributed by atoms with Gasteiger partial charge in [-0.15, -0.1) is 0 Å². The van der Waals surface area contributed by atoms with E-state index in [1.54, 1.807) is 0 Å². The van der Waals surface area contributed by atoms with Crippen LogP contribution in [0.1, 0.15) is 13.8 Å². The number of rotatable bonds is 4. The van der Waals surface area contributed by atoms with Gasteiger partial charge in [-0.1, -0.05) is 0 Å². The van der Waals surface area contributed by atoms with Crippen LogP contribution in [0.4, 0.5) is 0 Å². The molecule has 128 valence electrons. The van der Waals surface area contributed by atoms with Crippen LogP contribution in [0.3, 0.4) is 0 Å². The summed E-state index contributed by atoms with van der Waals surface area (Å²) in [6, 6.07) is 34.5. The van der Waals surface area contributed by atoms with Gasteiger partial charge in [0, 0.05) is 0 Å². The summed E-state index contributed by atoms with van der Waals surface area (Å²) >= 11 is 2.85. The molecule has 3 aromatic rings. The second kappa shape index (κ2) is 6.19. The molecular formula is C22H23INP. The van der Waals surface area contributed by atoms with Gasteiger partial charge in [0.2, 0.25) is 0 Å². The van der Waals surface area contributed by atoms with E-state index in [1.807, 2.05) is 0 Å². The van der Waals surface area contributed by atoms with Crippen molar-refractivity contribution in [2.75, 3.05) is 0 Å². The molecule has 0 aliphatic carbocycles. The summed E-state index contributed by atoms with van der Waals surface area (Å²) in [5, 5.41) is 4.30. The van der Waals surface area contributed by atoms with E-state index in [2.05, 4.69) is 132 Å². The van der Waals surface area contributed by atoms with Crippen LogP contribution < -0.4 is 15.9 Å². The quantitative estimate of drug-likeness (QED) is 0.306. The van der Waals surface area contributed by atoms with Crippen LogP contribution in [-0.4, -0.2) is 16.8 Å². The Morgan fingerprint density at radius 1 is 0.600 bits per heavy atom. The molecule has 1 aliphatic rings. The van der Waals surface area contributed by atoms with Crippen molar-refractivity contribution in [3.8, 4) is 0 Å². The van der Waals surface area contributed by atoms with Crippen molar-refractivity contribution in [2.45, 2.75) is 25.9 Å². The topological polar surface area (TPSA) is 3.01 Å². The van der Waals surface area contributed by atoms with E-state index < -0.39 is 4.40 Å². The molecule has 0 amide bonds. The summed E-state index contributed by atoms with van der Waals surface area (Å²) < 4.78 is 0.0428. The maximum atomic E-state index is 2.85. The molecule has 1 saturated heterocycles. The predicted molar refractivity (Wildman–Crippen MR) is 120 cm³/mol. The van der Waals surface area contributed by atoms with Crippen molar-refractivity contribution in [1.29, 1.82) is 0 Å². The van der Waals surface area contributed by atoms with Crippen LogP contribution in [0, 0.1) is 0 Å². The summed E-state index contributed by atoms with van der Waals surface area (Å²) in [4.78, 5) is 0. The number of hydrogen-bond acceptors (Lipinski definition) is 1. The minimum atomic E-state index is -2.73. The summed E-state index contributed by atoms with van der Waals surface area (Å²) in [6.07, 6.45) is 0. The van der Waals surface area contributed by atoms with Gasteiger partial charge in [0.05, 0.1) is 0 Å².